The van der Waals surface area contributed by atoms with E-state index in [0.717, 1.165) is 6.42 Å². The molecule has 6 nitrogen and oxygen atoms in total. The molecule has 0 spiro atoms. The fraction of sp³-hybridized carbons (Fsp3) is 0.800. The molecule has 1 fully saturated rings. The van der Waals surface area contributed by atoms with Crippen LogP contribution in [0.25, 0.3) is 0 Å². The van der Waals surface area contributed by atoms with Crippen LogP contribution >= 0.6 is 24.0 Å². The van der Waals surface area contributed by atoms with Crippen LogP contribution in [0, 0.1) is 0 Å². The number of amides is 1. The molecule has 100 valence electrons. The fourth-order valence-corrected chi connectivity index (χ4v) is 1.59. The van der Waals surface area contributed by atoms with Gasteiger partial charge in [-0.15, -0.1) is 24.0 Å². The van der Waals surface area contributed by atoms with Gasteiger partial charge in [0.05, 0.1) is 12.6 Å². The first-order valence-corrected chi connectivity index (χ1v) is 5.50. The molecular formula is C10H21IN4O2. The number of hydrogen-bond donors (Lipinski definition) is 3. The Balaban J connectivity index is 0.00000256. The molecule has 0 bridgehead atoms. The van der Waals surface area contributed by atoms with Crippen LogP contribution in [-0.4, -0.2) is 36.7 Å². The van der Waals surface area contributed by atoms with Gasteiger partial charge in [-0.3, -0.25) is 9.79 Å². The van der Waals surface area contributed by atoms with Gasteiger partial charge in [0.1, 0.15) is 6.10 Å². The van der Waals surface area contributed by atoms with Gasteiger partial charge in [-0.1, -0.05) is 0 Å². The molecule has 7 heteroatoms. The van der Waals surface area contributed by atoms with Crippen molar-refractivity contribution in [2.45, 2.75) is 44.9 Å². The molecular weight excluding hydrogens is 335 g/mol. The van der Waals surface area contributed by atoms with E-state index in [4.69, 9.17) is 16.2 Å². The minimum absolute atomic E-state index is 0. The molecule has 1 aliphatic rings. The topological polar surface area (TPSA) is 103 Å². The van der Waals surface area contributed by atoms with Crippen LogP contribution < -0.4 is 16.8 Å². The molecule has 2 atom stereocenters. The summed E-state index contributed by atoms with van der Waals surface area (Å²) in [5.41, 5.74) is 10.8. The van der Waals surface area contributed by atoms with Crippen LogP contribution in [0.2, 0.25) is 0 Å². The summed E-state index contributed by atoms with van der Waals surface area (Å²) in [6, 6.07) is 0.256. The molecule has 0 aromatic rings. The Bertz CT molecular complexity index is 283. The number of carbonyl (C=O) groups excluding carboxylic acids is 1. The van der Waals surface area contributed by atoms with Crippen molar-refractivity contribution in [3.63, 3.8) is 0 Å². The number of nitrogens with zero attached hydrogens (tertiary/aromatic N) is 1. The Morgan fingerprint density at radius 3 is 2.59 bits per heavy atom. The van der Waals surface area contributed by atoms with Crippen LogP contribution in [-0.2, 0) is 9.53 Å². The molecule has 1 amide bonds. The number of carbonyl (C=O) groups is 1. The monoisotopic (exact) mass is 356 g/mol. The summed E-state index contributed by atoms with van der Waals surface area (Å²) in [6.07, 6.45) is 0.962. The molecule has 5 N–H and O–H groups in total. The van der Waals surface area contributed by atoms with Gasteiger partial charge in [-0.2, -0.15) is 0 Å². The van der Waals surface area contributed by atoms with E-state index in [9.17, 15) is 4.79 Å². The van der Waals surface area contributed by atoms with Crippen molar-refractivity contribution >= 4 is 35.8 Å². The van der Waals surface area contributed by atoms with E-state index in [1.165, 1.54) is 0 Å². The van der Waals surface area contributed by atoms with E-state index in [1.807, 2.05) is 13.8 Å². The number of rotatable bonds is 4. The summed E-state index contributed by atoms with van der Waals surface area (Å²) in [7, 11) is 0. The Morgan fingerprint density at radius 2 is 2.12 bits per heavy atom. The maximum atomic E-state index is 10.9. The highest BCUT2D eigenvalue weighted by Gasteiger charge is 2.28. The number of hydrogen-bond acceptors (Lipinski definition) is 3. The highest BCUT2D eigenvalue weighted by Crippen LogP contribution is 2.19. The van der Waals surface area contributed by atoms with Gasteiger partial charge in [-0.05, 0) is 26.7 Å². The lowest BCUT2D eigenvalue weighted by Crippen LogP contribution is -2.37. The predicted octanol–water partition coefficient (Wildman–Crippen LogP) is -0.0500. The standard InChI is InChI=1S/C10H20N4O2.HI/c1-6(2)14-10(12)13-5-7-3-4-8(16-7)9(11)15;/h6-8H,3-5H2,1-2H3,(H2,11,15)(H3,12,13,14);1H. The quantitative estimate of drug-likeness (QED) is 0.373. The van der Waals surface area contributed by atoms with Gasteiger partial charge in [0.15, 0.2) is 5.96 Å². The van der Waals surface area contributed by atoms with Gasteiger partial charge in [-0.25, -0.2) is 0 Å². The lowest BCUT2D eigenvalue weighted by molar-refractivity contribution is -0.128. The van der Waals surface area contributed by atoms with Gasteiger partial charge in [0, 0.05) is 6.04 Å². The maximum absolute atomic E-state index is 10.9. The molecule has 1 aliphatic heterocycles. The third kappa shape index (κ3) is 6.06. The molecule has 17 heavy (non-hydrogen) atoms. The van der Waals surface area contributed by atoms with Crippen LogP contribution in [0.5, 0.6) is 0 Å². The second-order valence-corrected chi connectivity index (χ2v) is 4.25. The minimum atomic E-state index is -0.459. The molecule has 1 heterocycles. The number of nitrogens with two attached hydrogens (primary N) is 2. The van der Waals surface area contributed by atoms with Gasteiger partial charge < -0.3 is 21.5 Å². The number of halogens is 1. The third-order valence-electron chi connectivity index (χ3n) is 2.33. The summed E-state index contributed by atoms with van der Waals surface area (Å²) in [5, 5.41) is 2.98. The van der Waals surface area contributed by atoms with Crippen molar-refractivity contribution < 1.29 is 9.53 Å². The van der Waals surface area contributed by atoms with Crippen LogP contribution in [0.3, 0.4) is 0 Å². The van der Waals surface area contributed by atoms with Crippen molar-refractivity contribution in [1.29, 1.82) is 0 Å². The Labute approximate surface area is 119 Å². The summed E-state index contributed by atoms with van der Waals surface area (Å²) >= 11 is 0. The van der Waals surface area contributed by atoms with Crippen molar-refractivity contribution in [3.8, 4) is 0 Å². The lowest BCUT2D eigenvalue weighted by atomic mass is 10.2. The summed E-state index contributed by atoms with van der Waals surface area (Å²) in [6.45, 7) is 4.43. The van der Waals surface area contributed by atoms with E-state index in [-0.39, 0.29) is 36.1 Å². The summed E-state index contributed by atoms with van der Waals surface area (Å²) < 4.78 is 5.41. The fourth-order valence-electron chi connectivity index (χ4n) is 1.59. The molecule has 0 saturated carbocycles. The van der Waals surface area contributed by atoms with Crippen molar-refractivity contribution in [3.05, 3.63) is 0 Å². The van der Waals surface area contributed by atoms with Crippen molar-refractivity contribution in [1.82, 2.24) is 5.32 Å². The lowest BCUT2D eigenvalue weighted by Gasteiger charge is -2.11. The number of nitrogens with one attached hydrogen (secondary N) is 1. The first-order valence-electron chi connectivity index (χ1n) is 5.50. The van der Waals surface area contributed by atoms with Gasteiger partial charge in [0.25, 0.3) is 0 Å². The van der Waals surface area contributed by atoms with E-state index < -0.39 is 12.0 Å². The number of aliphatic imine (C=N–C) groups is 1. The highest BCUT2D eigenvalue weighted by molar-refractivity contribution is 14.0. The highest BCUT2D eigenvalue weighted by atomic mass is 127. The molecule has 0 radical (unpaired) electrons. The Hall–Kier alpha value is -0.570. The Kier molecular flexibility index (Phi) is 7.44. The van der Waals surface area contributed by atoms with Crippen molar-refractivity contribution in [2.75, 3.05) is 6.54 Å². The molecule has 0 aliphatic carbocycles. The van der Waals surface area contributed by atoms with E-state index in [2.05, 4.69) is 10.3 Å². The molecule has 1 saturated heterocycles. The second-order valence-electron chi connectivity index (χ2n) is 4.25. The third-order valence-corrected chi connectivity index (χ3v) is 2.33. The first-order chi connectivity index (χ1) is 7.49. The molecule has 0 aromatic carbocycles. The normalized spacial score (nSPS) is 24.5. The van der Waals surface area contributed by atoms with Crippen molar-refractivity contribution in [2.24, 2.45) is 16.5 Å². The van der Waals surface area contributed by atoms with E-state index >= 15 is 0 Å². The molecule has 2 unspecified atom stereocenters. The predicted molar refractivity (Wildman–Crippen MR) is 77.3 cm³/mol. The molecule has 1 rings (SSSR count). The second kappa shape index (κ2) is 7.70. The number of ether oxygens (including phenoxy) is 1. The number of guanidine groups is 1. The zero-order chi connectivity index (χ0) is 12.1. The van der Waals surface area contributed by atoms with Gasteiger partial charge in [0.2, 0.25) is 5.91 Å². The largest absolute Gasteiger partial charge is 0.370 e. The first kappa shape index (κ1) is 16.4. The van der Waals surface area contributed by atoms with Crippen LogP contribution in [0.1, 0.15) is 26.7 Å². The summed E-state index contributed by atoms with van der Waals surface area (Å²) in [4.78, 5) is 15.0. The maximum Gasteiger partial charge on any atom is 0.246 e. The van der Waals surface area contributed by atoms with E-state index in [0.29, 0.717) is 18.9 Å². The zero-order valence-corrected chi connectivity index (χ0v) is 12.5. The van der Waals surface area contributed by atoms with Gasteiger partial charge >= 0.3 is 0 Å². The minimum Gasteiger partial charge on any atom is -0.370 e. The van der Waals surface area contributed by atoms with Crippen LogP contribution in [0.4, 0.5) is 0 Å². The smallest absolute Gasteiger partial charge is 0.246 e. The average Bonchev–Trinajstić information content (AvgIpc) is 2.61. The molecule has 0 aromatic heterocycles. The zero-order valence-electron chi connectivity index (χ0n) is 10.2. The average molecular weight is 356 g/mol. The SMILES string of the molecule is CC(C)NC(N)=NCC1CCC(C(N)=O)O1.I. The summed E-state index contributed by atoms with van der Waals surface area (Å²) in [5.74, 6) is 0.000817. The van der Waals surface area contributed by atoms with Crippen LogP contribution in [0.15, 0.2) is 4.99 Å². The number of primary amides is 1. The van der Waals surface area contributed by atoms with E-state index in [1.54, 1.807) is 0 Å². The Morgan fingerprint density at radius 1 is 1.47 bits per heavy atom.